The fraction of sp³-hybridized carbons (Fsp3) is 0.538. The highest BCUT2D eigenvalue weighted by Crippen LogP contribution is 2.15. The number of rotatable bonds is 7. The predicted molar refractivity (Wildman–Crippen MR) is 59.5 cm³/mol. The summed E-state index contributed by atoms with van der Waals surface area (Å²) in [5.41, 5.74) is 0. The van der Waals surface area contributed by atoms with Gasteiger partial charge in [0.15, 0.2) is 11.6 Å². The molecular weight excluding hydrogens is 191 g/mol. The molecule has 0 heterocycles. The summed E-state index contributed by atoms with van der Waals surface area (Å²) in [4.78, 5) is 0. The van der Waals surface area contributed by atoms with Crippen LogP contribution in [0.1, 0.15) is 39.0 Å². The maximum Gasteiger partial charge on any atom is 0.165 e. The molecule has 83 valence electrons. The first-order valence-corrected chi connectivity index (χ1v) is 5.63. The van der Waals surface area contributed by atoms with Crippen LogP contribution < -0.4 is 4.74 Å². The van der Waals surface area contributed by atoms with Crippen molar-refractivity contribution in [3.63, 3.8) is 0 Å². The Morgan fingerprint density at radius 2 is 2.07 bits per heavy atom. The van der Waals surface area contributed by atoms with Gasteiger partial charge in [-0.05, 0) is 24.6 Å². The molecule has 0 saturated heterocycles. The van der Waals surface area contributed by atoms with Gasteiger partial charge in [0.2, 0.25) is 0 Å². The summed E-state index contributed by atoms with van der Waals surface area (Å²) in [5, 5.41) is 0. The van der Waals surface area contributed by atoms with E-state index < -0.39 is 0 Å². The second kappa shape index (κ2) is 7.27. The van der Waals surface area contributed by atoms with Crippen LogP contribution in [0.25, 0.3) is 0 Å². The van der Waals surface area contributed by atoms with Crippen LogP contribution in [0.3, 0.4) is 0 Å². The largest absolute Gasteiger partial charge is 0.491 e. The third-order valence-electron chi connectivity index (χ3n) is 2.28. The maximum atomic E-state index is 13.1. The molecular formula is C13H18FO. The van der Waals surface area contributed by atoms with Gasteiger partial charge in [-0.2, -0.15) is 0 Å². The minimum atomic E-state index is -0.328. The molecule has 0 bridgehead atoms. The molecule has 0 saturated carbocycles. The van der Waals surface area contributed by atoms with E-state index in [4.69, 9.17) is 4.74 Å². The Hall–Kier alpha value is -1.05. The smallest absolute Gasteiger partial charge is 0.165 e. The van der Waals surface area contributed by atoms with Gasteiger partial charge < -0.3 is 4.74 Å². The minimum absolute atomic E-state index is 0.328. The van der Waals surface area contributed by atoms with Crippen LogP contribution in [0.15, 0.2) is 18.2 Å². The van der Waals surface area contributed by atoms with Crippen LogP contribution in [0.2, 0.25) is 0 Å². The fourth-order valence-corrected chi connectivity index (χ4v) is 1.40. The third-order valence-corrected chi connectivity index (χ3v) is 2.28. The average molecular weight is 209 g/mol. The summed E-state index contributed by atoms with van der Waals surface area (Å²) in [6.07, 6.45) is 5.91. The second-order valence-corrected chi connectivity index (χ2v) is 3.62. The molecule has 1 nitrogen and oxygen atoms in total. The Morgan fingerprint density at radius 1 is 1.27 bits per heavy atom. The van der Waals surface area contributed by atoms with Crippen molar-refractivity contribution < 1.29 is 9.13 Å². The first-order valence-electron chi connectivity index (χ1n) is 5.63. The number of hydrogen-bond donors (Lipinski definition) is 0. The summed E-state index contributed by atoms with van der Waals surface area (Å²) in [6.45, 7) is 2.79. The lowest BCUT2D eigenvalue weighted by Crippen LogP contribution is -1.98. The molecule has 0 aromatic heterocycles. The van der Waals surface area contributed by atoms with Crippen molar-refractivity contribution in [3.05, 3.63) is 30.1 Å². The van der Waals surface area contributed by atoms with Crippen molar-refractivity contribution in [1.82, 2.24) is 0 Å². The van der Waals surface area contributed by atoms with Crippen LogP contribution in [0.4, 0.5) is 4.39 Å². The summed E-state index contributed by atoms with van der Waals surface area (Å²) in [6, 6.07) is 7.24. The molecule has 1 aromatic carbocycles. The zero-order chi connectivity index (χ0) is 10.9. The van der Waals surface area contributed by atoms with Crippen molar-refractivity contribution in [2.24, 2.45) is 0 Å². The Labute approximate surface area is 91.3 Å². The van der Waals surface area contributed by atoms with E-state index in [-0.39, 0.29) is 5.82 Å². The first kappa shape index (κ1) is 12.0. The van der Waals surface area contributed by atoms with Crippen LogP contribution in [0.5, 0.6) is 5.75 Å². The van der Waals surface area contributed by atoms with Gasteiger partial charge in [-0.3, -0.25) is 0 Å². The molecule has 0 aliphatic carbocycles. The minimum Gasteiger partial charge on any atom is -0.491 e. The summed E-state index contributed by atoms with van der Waals surface area (Å²) in [5.74, 6) is 0.00954. The summed E-state index contributed by atoms with van der Waals surface area (Å²) in [7, 11) is 0. The van der Waals surface area contributed by atoms with E-state index in [1.54, 1.807) is 12.1 Å². The second-order valence-electron chi connectivity index (χ2n) is 3.62. The van der Waals surface area contributed by atoms with Crippen molar-refractivity contribution in [2.45, 2.75) is 39.0 Å². The monoisotopic (exact) mass is 209 g/mol. The van der Waals surface area contributed by atoms with Crippen LogP contribution in [0, 0.1) is 11.9 Å². The zero-order valence-electron chi connectivity index (χ0n) is 9.26. The molecule has 0 amide bonds. The highest BCUT2D eigenvalue weighted by Gasteiger charge is 2.00. The van der Waals surface area contributed by atoms with Crippen LogP contribution >= 0.6 is 0 Å². The van der Waals surface area contributed by atoms with E-state index in [0.717, 1.165) is 12.8 Å². The van der Waals surface area contributed by atoms with Crippen molar-refractivity contribution in [3.8, 4) is 5.75 Å². The quantitative estimate of drug-likeness (QED) is 0.617. The normalized spacial score (nSPS) is 10.3. The van der Waals surface area contributed by atoms with Gasteiger partial charge in [0.1, 0.15) is 0 Å². The average Bonchev–Trinajstić information content (AvgIpc) is 2.25. The molecule has 2 heteroatoms. The lowest BCUT2D eigenvalue weighted by atomic mass is 10.2. The van der Waals surface area contributed by atoms with Crippen LogP contribution in [-0.2, 0) is 0 Å². The van der Waals surface area contributed by atoms with E-state index in [9.17, 15) is 4.39 Å². The molecule has 0 atom stereocenters. The number of halogens is 1. The highest BCUT2D eigenvalue weighted by atomic mass is 19.1. The van der Waals surface area contributed by atoms with E-state index >= 15 is 0 Å². The summed E-state index contributed by atoms with van der Waals surface area (Å²) >= 11 is 0. The van der Waals surface area contributed by atoms with E-state index in [2.05, 4.69) is 13.0 Å². The van der Waals surface area contributed by atoms with Gasteiger partial charge in [0.25, 0.3) is 0 Å². The van der Waals surface area contributed by atoms with Gasteiger partial charge in [0, 0.05) is 0 Å². The number of ether oxygens (including phenoxy) is 1. The van der Waals surface area contributed by atoms with Crippen LogP contribution in [-0.4, -0.2) is 6.61 Å². The Kier molecular flexibility index (Phi) is 5.83. The van der Waals surface area contributed by atoms with Gasteiger partial charge in [-0.1, -0.05) is 38.7 Å². The van der Waals surface area contributed by atoms with Crippen molar-refractivity contribution in [2.75, 3.05) is 6.61 Å². The zero-order valence-corrected chi connectivity index (χ0v) is 9.26. The molecule has 1 radical (unpaired) electrons. The van der Waals surface area contributed by atoms with E-state index in [1.807, 2.05) is 0 Å². The lowest BCUT2D eigenvalue weighted by molar-refractivity contribution is 0.290. The van der Waals surface area contributed by atoms with Gasteiger partial charge in [-0.25, -0.2) is 4.39 Å². The Morgan fingerprint density at radius 3 is 2.80 bits per heavy atom. The predicted octanol–water partition coefficient (Wildman–Crippen LogP) is 3.98. The molecule has 0 fully saturated rings. The number of benzene rings is 1. The number of hydrogen-bond acceptors (Lipinski definition) is 1. The molecule has 0 aliphatic heterocycles. The van der Waals surface area contributed by atoms with Gasteiger partial charge in [-0.15, -0.1) is 0 Å². The highest BCUT2D eigenvalue weighted by molar-refractivity contribution is 5.22. The van der Waals surface area contributed by atoms with Crippen molar-refractivity contribution >= 4 is 0 Å². The van der Waals surface area contributed by atoms with Gasteiger partial charge >= 0.3 is 0 Å². The van der Waals surface area contributed by atoms with E-state index in [1.165, 1.54) is 25.3 Å². The fourth-order valence-electron chi connectivity index (χ4n) is 1.40. The maximum absolute atomic E-state index is 13.1. The molecule has 0 spiro atoms. The topological polar surface area (TPSA) is 9.23 Å². The first-order chi connectivity index (χ1) is 7.34. The molecule has 0 unspecified atom stereocenters. The molecule has 15 heavy (non-hydrogen) atoms. The standard InChI is InChI=1S/C13H18FO/c1-2-3-4-5-8-11-15-13-10-7-6-9-12(13)14/h7,9-10H,2-5,8,11H2,1H3. The molecule has 0 N–H and O–H groups in total. The summed E-state index contributed by atoms with van der Waals surface area (Å²) < 4.78 is 18.4. The number of unbranched alkanes of at least 4 members (excludes halogenated alkanes) is 4. The van der Waals surface area contributed by atoms with E-state index in [0.29, 0.717) is 12.4 Å². The van der Waals surface area contributed by atoms with Crippen molar-refractivity contribution in [1.29, 1.82) is 0 Å². The molecule has 1 rings (SSSR count). The SMILES string of the molecule is CCCCCCCOc1cc[c]cc1F. The molecule has 0 aliphatic rings. The lowest BCUT2D eigenvalue weighted by Gasteiger charge is -2.06. The third kappa shape index (κ3) is 4.82. The molecule has 1 aromatic rings. The Bertz CT molecular complexity index is 273. The van der Waals surface area contributed by atoms with Gasteiger partial charge in [0.05, 0.1) is 6.61 Å². The Balaban J connectivity index is 2.12.